The monoisotopic (exact) mass is 375 g/mol. The fraction of sp³-hybridized carbons (Fsp3) is 0.500. The number of hydrogen-bond acceptors (Lipinski definition) is 4. The normalized spacial score (nSPS) is 16.0. The van der Waals surface area contributed by atoms with Gasteiger partial charge >= 0.3 is 6.09 Å². The molecule has 1 saturated heterocycles. The SMILES string of the molecule is CC(C)(C)OC(=O)NC1CCN(c2ccccc2N=C(N)N=C(N)N)CC1. The van der Waals surface area contributed by atoms with Gasteiger partial charge in [-0.2, -0.15) is 4.99 Å². The van der Waals surface area contributed by atoms with E-state index in [1.165, 1.54) is 0 Å². The minimum Gasteiger partial charge on any atom is -0.444 e. The second-order valence-electron chi connectivity index (χ2n) is 7.40. The van der Waals surface area contributed by atoms with Crippen LogP contribution in [0.1, 0.15) is 33.6 Å². The second kappa shape index (κ2) is 8.61. The molecule has 148 valence electrons. The first-order valence-corrected chi connectivity index (χ1v) is 8.91. The lowest BCUT2D eigenvalue weighted by Gasteiger charge is -2.34. The zero-order valence-electron chi connectivity index (χ0n) is 16.1. The van der Waals surface area contributed by atoms with Gasteiger partial charge in [0.15, 0.2) is 5.96 Å². The molecule has 0 radical (unpaired) electrons. The van der Waals surface area contributed by atoms with Crippen LogP contribution in [0.2, 0.25) is 0 Å². The summed E-state index contributed by atoms with van der Waals surface area (Å²) in [7, 11) is 0. The molecule has 0 aliphatic carbocycles. The van der Waals surface area contributed by atoms with Crippen molar-refractivity contribution in [1.82, 2.24) is 5.32 Å². The number of amides is 1. The van der Waals surface area contributed by atoms with E-state index in [-0.39, 0.29) is 24.1 Å². The maximum absolute atomic E-state index is 11.9. The van der Waals surface area contributed by atoms with E-state index in [0.717, 1.165) is 31.6 Å². The number of nitrogens with two attached hydrogens (primary N) is 3. The average Bonchev–Trinajstić information content (AvgIpc) is 2.53. The summed E-state index contributed by atoms with van der Waals surface area (Å²) in [6.45, 7) is 7.09. The summed E-state index contributed by atoms with van der Waals surface area (Å²) < 4.78 is 5.32. The van der Waals surface area contributed by atoms with E-state index in [2.05, 4.69) is 20.2 Å². The summed E-state index contributed by atoms with van der Waals surface area (Å²) in [5.41, 5.74) is 17.6. The number of ether oxygens (including phenoxy) is 1. The number of guanidine groups is 2. The molecule has 9 nitrogen and oxygen atoms in total. The Labute approximate surface area is 159 Å². The lowest BCUT2D eigenvalue weighted by molar-refractivity contribution is 0.0497. The quantitative estimate of drug-likeness (QED) is 0.464. The summed E-state index contributed by atoms with van der Waals surface area (Å²) in [6, 6.07) is 7.73. The Morgan fingerprint density at radius 2 is 1.81 bits per heavy atom. The number of para-hydroxylation sites is 2. The Morgan fingerprint density at radius 1 is 1.19 bits per heavy atom. The van der Waals surface area contributed by atoms with Gasteiger partial charge in [0.05, 0.1) is 11.4 Å². The van der Waals surface area contributed by atoms with Gasteiger partial charge in [0.2, 0.25) is 5.96 Å². The topological polar surface area (TPSA) is 144 Å². The van der Waals surface area contributed by atoms with Crippen molar-refractivity contribution in [3.63, 3.8) is 0 Å². The number of benzene rings is 1. The predicted octanol–water partition coefficient (Wildman–Crippen LogP) is 1.40. The molecule has 2 rings (SSSR count). The summed E-state index contributed by atoms with van der Waals surface area (Å²) in [6.07, 6.45) is 1.23. The second-order valence-corrected chi connectivity index (χ2v) is 7.40. The number of rotatable bonds is 3. The molecule has 7 N–H and O–H groups in total. The van der Waals surface area contributed by atoms with Crippen molar-refractivity contribution in [3.8, 4) is 0 Å². The third-order valence-corrected chi connectivity index (χ3v) is 3.92. The van der Waals surface area contributed by atoms with Gasteiger partial charge in [-0.15, -0.1) is 0 Å². The van der Waals surface area contributed by atoms with E-state index in [1.807, 2.05) is 45.0 Å². The third-order valence-electron chi connectivity index (χ3n) is 3.92. The van der Waals surface area contributed by atoms with Gasteiger partial charge in [0.25, 0.3) is 0 Å². The lowest BCUT2D eigenvalue weighted by atomic mass is 10.0. The van der Waals surface area contributed by atoms with Crippen LogP contribution >= 0.6 is 0 Å². The summed E-state index contributed by atoms with van der Waals surface area (Å²) >= 11 is 0. The first-order chi connectivity index (χ1) is 12.6. The molecule has 0 saturated carbocycles. The number of alkyl carbamates (subject to hydrolysis) is 1. The molecule has 27 heavy (non-hydrogen) atoms. The number of hydrogen-bond donors (Lipinski definition) is 4. The standard InChI is InChI=1S/C18H29N7O2/c1-18(2,3)27-17(26)22-12-8-10-25(11-9-12)14-7-5-4-6-13(14)23-16(21)24-15(19)20/h4-7,12H,8-11H2,1-3H3,(H,22,26)(H6,19,20,21,23,24). The van der Waals surface area contributed by atoms with Gasteiger partial charge in [-0.1, -0.05) is 12.1 Å². The van der Waals surface area contributed by atoms with Crippen LogP contribution in [0.4, 0.5) is 16.2 Å². The largest absolute Gasteiger partial charge is 0.444 e. The minimum absolute atomic E-state index is 0.00364. The molecular weight excluding hydrogens is 346 g/mol. The Hall–Kier alpha value is -2.97. The molecule has 1 heterocycles. The molecule has 1 aromatic carbocycles. The van der Waals surface area contributed by atoms with Crippen molar-refractivity contribution >= 4 is 29.4 Å². The number of piperidine rings is 1. The zero-order valence-corrected chi connectivity index (χ0v) is 16.1. The highest BCUT2D eigenvalue weighted by Crippen LogP contribution is 2.30. The van der Waals surface area contributed by atoms with E-state index >= 15 is 0 Å². The highest BCUT2D eigenvalue weighted by Gasteiger charge is 2.24. The maximum atomic E-state index is 11.9. The molecule has 1 aromatic rings. The summed E-state index contributed by atoms with van der Waals surface area (Å²) in [5, 5.41) is 2.93. The van der Waals surface area contributed by atoms with Crippen LogP contribution in [-0.2, 0) is 4.74 Å². The summed E-state index contributed by atoms with van der Waals surface area (Å²) in [5.74, 6) is -0.133. The minimum atomic E-state index is -0.503. The van der Waals surface area contributed by atoms with Crippen LogP contribution in [0.5, 0.6) is 0 Å². The van der Waals surface area contributed by atoms with E-state index in [9.17, 15) is 4.79 Å². The smallest absolute Gasteiger partial charge is 0.407 e. The van der Waals surface area contributed by atoms with Gasteiger partial charge in [0, 0.05) is 19.1 Å². The van der Waals surface area contributed by atoms with E-state index < -0.39 is 5.60 Å². The van der Waals surface area contributed by atoms with Crippen molar-refractivity contribution < 1.29 is 9.53 Å². The number of carbonyl (C=O) groups is 1. The van der Waals surface area contributed by atoms with Crippen LogP contribution in [0.25, 0.3) is 0 Å². The van der Waals surface area contributed by atoms with Gasteiger partial charge in [-0.05, 0) is 45.7 Å². The zero-order chi connectivity index (χ0) is 20.0. The van der Waals surface area contributed by atoms with Gasteiger partial charge in [0.1, 0.15) is 5.60 Å². The molecule has 0 bridgehead atoms. The van der Waals surface area contributed by atoms with Crippen molar-refractivity contribution in [1.29, 1.82) is 0 Å². The van der Waals surface area contributed by atoms with E-state index in [1.54, 1.807) is 0 Å². The number of anilines is 1. The highest BCUT2D eigenvalue weighted by atomic mass is 16.6. The van der Waals surface area contributed by atoms with Crippen LogP contribution in [0.3, 0.4) is 0 Å². The molecule has 1 amide bonds. The van der Waals surface area contributed by atoms with E-state index in [4.69, 9.17) is 21.9 Å². The fourth-order valence-electron chi connectivity index (χ4n) is 2.85. The Morgan fingerprint density at radius 3 is 2.41 bits per heavy atom. The molecule has 0 aromatic heterocycles. The fourth-order valence-corrected chi connectivity index (χ4v) is 2.85. The van der Waals surface area contributed by atoms with Crippen LogP contribution in [0, 0.1) is 0 Å². The van der Waals surface area contributed by atoms with Crippen molar-refractivity contribution in [2.24, 2.45) is 27.2 Å². The van der Waals surface area contributed by atoms with Crippen LogP contribution in [0.15, 0.2) is 34.3 Å². The van der Waals surface area contributed by atoms with Crippen molar-refractivity contribution in [2.45, 2.75) is 45.3 Å². The molecule has 0 atom stereocenters. The van der Waals surface area contributed by atoms with Crippen molar-refractivity contribution in [3.05, 3.63) is 24.3 Å². The van der Waals surface area contributed by atoms with Gasteiger partial charge in [-0.3, -0.25) is 0 Å². The summed E-state index contributed by atoms with van der Waals surface area (Å²) in [4.78, 5) is 22.2. The Balaban J connectivity index is 2.00. The first-order valence-electron chi connectivity index (χ1n) is 8.91. The van der Waals surface area contributed by atoms with Crippen LogP contribution < -0.4 is 27.4 Å². The number of nitrogens with one attached hydrogen (secondary N) is 1. The Bertz CT molecular complexity index is 713. The van der Waals surface area contributed by atoms with Crippen LogP contribution in [-0.4, -0.2) is 42.7 Å². The molecule has 9 heteroatoms. The molecular formula is C18H29N7O2. The van der Waals surface area contributed by atoms with Gasteiger partial charge < -0.3 is 32.2 Å². The van der Waals surface area contributed by atoms with Crippen molar-refractivity contribution in [2.75, 3.05) is 18.0 Å². The molecule has 1 fully saturated rings. The predicted molar refractivity (Wildman–Crippen MR) is 108 cm³/mol. The Kier molecular flexibility index (Phi) is 6.49. The maximum Gasteiger partial charge on any atom is 0.407 e. The third kappa shape index (κ3) is 6.69. The molecule has 1 aliphatic heterocycles. The highest BCUT2D eigenvalue weighted by molar-refractivity contribution is 5.94. The number of aliphatic imine (C=N–C) groups is 2. The molecule has 0 unspecified atom stereocenters. The number of carbonyl (C=O) groups excluding carboxylic acids is 1. The van der Waals surface area contributed by atoms with Gasteiger partial charge in [-0.25, -0.2) is 9.79 Å². The molecule has 0 spiro atoms. The molecule has 1 aliphatic rings. The number of nitrogens with zero attached hydrogens (tertiary/aromatic N) is 3. The first kappa shape index (κ1) is 20.3. The van der Waals surface area contributed by atoms with E-state index in [0.29, 0.717) is 5.69 Å². The average molecular weight is 375 g/mol. The lowest BCUT2D eigenvalue weighted by Crippen LogP contribution is -2.46.